The highest BCUT2D eigenvalue weighted by Crippen LogP contribution is 2.33. The number of carbonyl (C=O) groups is 1. The van der Waals surface area contributed by atoms with Crippen molar-refractivity contribution >= 4 is 29.3 Å². The molecule has 138 valence electrons. The summed E-state index contributed by atoms with van der Waals surface area (Å²) in [4.78, 5) is 13.0. The quantitative estimate of drug-likeness (QED) is 0.527. The van der Waals surface area contributed by atoms with Gasteiger partial charge < -0.3 is 0 Å². The van der Waals surface area contributed by atoms with Crippen LogP contribution in [0, 0.1) is 0 Å². The Morgan fingerprint density at radius 1 is 0.964 bits per heavy atom. The molecule has 1 atom stereocenters. The van der Waals surface area contributed by atoms with E-state index in [1.807, 2.05) is 91.0 Å². The molecular formula is C24H19ClN2O. The summed E-state index contributed by atoms with van der Waals surface area (Å²) >= 11 is 6.15. The summed E-state index contributed by atoms with van der Waals surface area (Å²) in [6.45, 7) is 0. The van der Waals surface area contributed by atoms with Crippen molar-refractivity contribution in [2.75, 3.05) is 0 Å². The van der Waals surface area contributed by atoms with Gasteiger partial charge in [0.25, 0.3) is 5.91 Å². The Bertz CT molecular complexity index is 1030. The largest absolute Gasteiger partial charge is 0.268 e. The fourth-order valence-corrected chi connectivity index (χ4v) is 3.49. The number of halogens is 1. The lowest BCUT2D eigenvalue weighted by atomic mass is 9.98. The first kappa shape index (κ1) is 18.2. The minimum absolute atomic E-state index is 0.136. The summed E-state index contributed by atoms with van der Waals surface area (Å²) < 4.78 is 0. The second-order valence-corrected chi connectivity index (χ2v) is 7.05. The molecule has 3 nitrogen and oxygen atoms in total. The van der Waals surface area contributed by atoms with Crippen LogP contribution in [0.3, 0.4) is 0 Å². The molecule has 0 saturated heterocycles. The van der Waals surface area contributed by atoms with Crippen LogP contribution in [0.15, 0.2) is 96.1 Å². The van der Waals surface area contributed by atoms with Gasteiger partial charge >= 0.3 is 0 Å². The van der Waals surface area contributed by atoms with Crippen molar-refractivity contribution in [3.63, 3.8) is 0 Å². The Morgan fingerprint density at radius 3 is 2.39 bits per heavy atom. The summed E-state index contributed by atoms with van der Waals surface area (Å²) in [5.74, 6) is -0.144. The van der Waals surface area contributed by atoms with Gasteiger partial charge in [-0.05, 0) is 34.9 Å². The van der Waals surface area contributed by atoms with E-state index in [-0.39, 0.29) is 11.9 Å². The molecule has 28 heavy (non-hydrogen) atoms. The van der Waals surface area contributed by atoms with Crippen LogP contribution < -0.4 is 0 Å². The van der Waals surface area contributed by atoms with E-state index in [2.05, 4.69) is 5.10 Å². The number of hydrazone groups is 1. The summed E-state index contributed by atoms with van der Waals surface area (Å²) in [7, 11) is 0. The van der Waals surface area contributed by atoms with E-state index in [1.54, 1.807) is 11.1 Å². The SMILES string of the molecule is O=C(/C=C/c1ccccc1)N1N=C(c2cccc(Cl)c2)CC1c1ccccc1. The third-order valence-corrected chi connectivity index (χ3v) is 4.93. The van der Waals surface area contributed by atoms with Crippen molar-refractivity contribution in [3.8, 4) is 0 Å². The van der Waals surface area contributed by atoms with Crippen LogP contribution in [-0.2, 0) is 4.79 Å². The summed E-state index contributed by atoms with van der Waals surface area (Å²) in [6, 6.07) is 27.2. The Kier molecular flexibility index (Phi) is 5.36. The molecule has 0 saturated carbocycles. The Balaban J connectivity index is 1.65. The van der Waals surface area contributed by atoms with Crippen molar-refractivity contribution in [1.82, 2.24) is 5.01 Å². The maximum atomic E-state index is 13.0. The van der Waals surface area contributed by atoms with Gasteiger partial charge in [0.15, 0.2) is 0 Å². The number of hydrogen-bond donors (Lipinski definition) is 0. The highest BCUT2D eigenvalue weighted by molar-refractivity contribution is 6.31. The highest BCUT2D eigenvalue weighted by Gasteiger charge is 2.32. The lowest BCUT2D eigenvalue weighted by molar-refractivity contribution is -0.127. The maximum absolute atomic E-state index is 13.0. The molecule has 4 heteroatoms. The number of carbonyl (C=O) groups excluding carboxylic acids is 1. The van der Waals surface area contributed by atoms with E-state index in [1.165, 1.54) is 0 Å². The average molecular weight is 387 g/mol. The molecule has 1 amide bonds. The molecule has 0 spiro atoms. The number of hydrogen-bond acceptors (Lipinski definition) is 2. The van der Waals surface area contributed by atoms with Crippen LogP contribution >= 0.6 is 11.6 Å². The van der Waals surface area contributed by atoms with Crippen LogP contribution in [0.2, 0.25) is 5.02 Å². The van der Waals surface area contributed by atoms with E-state index < -0.39 is 0 Å². The molecule has 3 aromatic carbocycles. The van der Waals surface area contributed by atoms with E-state index in [9.17, 15) is 4.79 Å². The molecule has 4 rings (SSSR count). The third kappa shape index (κ3) is 4.05. The van der Waals surface area contributed by atoms with Crippen LogP contribution in [-0.4, -0.2) is 16.6 Å². The minimum atomic E-state index is -0.144. The molecule has 0 aliphatic carbocycles. The lowest BCUT2D eigenvalue weighted by Gasteiger charge is -2.20. The van der Waals surface area contributed by atoms with Gasteiger partial charge in [-0.2, -0.15) is 5.10 Å². The average Bonchev–Trinajstić information content (AvgIpc) is 3.19. The number of nitrogens with zero attached hydrogens (tertiary/aromatic N) is 2. The van der Waals surface area contributed by atoms with E-state index in [0.29, 0.717) is 11.4 Å². The van der Waals surface area contributed by atoms with Gasteiger partial charge in [-0.3, -0.25) is 4.79 Å². The Morgan fingerprint density at radius 2 is 1.68 bits per heavy atom. The molecular weight excluding hydrogens is 368 g/mol. The van der Waals surface area contributed by atoms with E-state index in [0.717, 1.165) is 22.4 Å². The zero-order chi connectivity index (χ0) is 19.3. The van der Waals surface area contributed by atoms with Crippen molar-refractivity contribution in [2.24, 2.45) is 5.10 Å². The van der Waals surface area contributed by atoms with Crippen LogP contribution in [0.4, 0.5) is 0 Å². The highest BCUT2D eigenvalue weighted by atomic mass is 35.5. The third-order valence-electron chi connectivity index (χ3n) is 4.70. The predicted molar refractivity (Wildman–Crippen MR) is 114 cm³/mol. The first-order valence-electron chi connectivity index (χ1n) is 9.15. The van der Waals surface area contributed by atoms with Crippen molar-refractivity contribution in [1.29, 1.82) is 0 Å². The topological polar surface area (TPSA) is 32.7 Å². The minimum Gasteiger partial charge on any atom is -0.268 e. The van der Waals surface area contributed by atoms with Gasteiger partial charge in [0.05, 0.1) is 11.8 Å². The summed E-state index contributed by atoms with van der Waals surface area (Å²) in [5, 5.41) is 6.89. The second-order valence-electron chi connectivity index (χ2n) is 6.61. The van der Waals surface area contributed by atoms with Crippen molar-refractivity contribution in [2.45, 2.75) is 12.5 Å². The molecule has 1 heterocycles. The van der Waals surface area contributed by atoms with Gasteiger partial charge in [-0.15, -0.1) is 0 Å². The number of benzene rings is 3. The Labute approximate surface area is 169 Å². The lowest BCUT2D eigenvalue weighted by Crippen LogP contribution is -2.25. The van der Waals surface area contributed by atoms with Gasteiger partial charge in [-0.1, -0.05) is 84.4 Å². The monoisotopic (exact) mass is 386 g/mol. The second kappa shape index (κ2) is 8.24. The van der Waals surface area contributed by atoms with Crippen molar-refractivity contribution < 1.29 is 4.79 Å². The summed E-state index contributed by atoms with van der Waals surface area (Å²) in [5.41, 5.74) is 3.84. The van der Waals surface area contributed by atoms with E-state index in [4.69, 9.17) is 11.6 Å². The summed E-state index contributed by atoms with van der Waals surface area (Å²) in [6.07, 6.45) is 4.04. The molecule has 0 bridgehead atoms. The van der Waals surface area contributed by atoms with Crippen LogP contribution in [0.25, 0.3) is 6.08 Å². The smallest absolute Gasteiger partial charge is 0.267 e. The normalized spacial score (nSPS) is 16.4. The molecule has 3 aromatic rings. The molecule has 0 N–H and O–H groups in total. The van der Waals surface area contributed by atoms with Crippen LogP contribution in [0.1, 0.15) is 29.2 Å². The number of rotatable bonds is 4. The van der Waals surface area contributed by atoms with Gasteiger partial charge in [-0.25, -0.2) is 5.01 Å². The van der Waals surface area contributed by atoms with E-state index >= 15 is 0 Å². The van der Waals surface area contributed by atoms with Gasteiger partial charge in [0.2, 0.25) is 0 Å². The fraction of sp³-hybridized carbons (Fsp3) is 0.0833. The fourth-order valence-electron chi connectivity index (χ4n) is 3.30. The van der Waals surface area contributed by atoms with Gasteiger partial charge in [0.1, 0.15) is 0 Å². The van der Waals surface area contributed by atoms with Crippen LogP contribution in [0.5, 0.6) is 0 Å². The molecule has 0 aromatic heterocycles. The maximum Gasteiger partial charge on any atom is 0.267 e. The molecule has 1 aliphatic rings. The molecule has 1 unspecified atom stereocenters. The molecule has 0 radical (unpaired) electrons. The zero-order valence-corrected chi connectivity index (χ0v) is 16.0. The van der Waals surface area contributed by atoms with Gasteiger partial charge in [0, 0.05) is 17.5 Å². The Hall–Kier alpha value is -3.17. The molecule has 0 fully saturated rings. The van der Waals surface area contributed by atoms with Crippen molar-refractivity contribution in [3.05, 3.63) is 113 Å². The first-order chi connectivity index (χ1) is 13.7. The first-order valence-corrected chi connectivity index (χ1v) is 9.53. The standard InChI is InChI=1S/C24H19ClN2O/c25-21-13-7-12-20(16-21)22-17-23(19-10-5-2-6-11-19)27(26-22)24(28)15-14-18-8-3-1-4-9-18/h1-16,23H,17H2/b15-14+. The zero-order valence-electron chi connectivity index (χ0n) is 15.2. The molecule has 1 aliphatic heterocycles. The number of amides is 1. The predicted octanol–water partition coefficient (Wildman–Crippen LogP) is 5.73.